The van der Waals surface area contributed by atoms with E-state index in [1.165, 1.54) is 5.56 Å². The molecular weight excluding hydrogens is 362 g/mol. The fraction of sp³-hybridized carbons (Fsp3) is 0.429. The lowest BCUT2D eigenvalue weighted by Gasteiger charge is -2.38. The summed E-state index contributed by atoms with van der Waals surface area (Å²) in [6.07, 6.45) is -0.486. The molecule has 28 heavy (non-hydrogen) atoms. The molecule has 0 aliphatic carbocycles. The topological polar surface area (TPSA) is 69.6 Å². The van der Waals surface area contributed by atoms with Gasteiger partial charge in [0.1, 0.15) is 6.10 Å². The highest BCUT2D eigenvalue weighted by Crippen LogP contribution is 2.53. The van der Waals surface area contributed by atoms with Crippen molar-refractivity contribution in [1.82, 2.24) is 4.90 Å². The highest BCUT2D eigenvalue weighted by atomic mass is 16.7. The Kier molecular flexibility index (Phi) is 4.12. The number of hydrogen-bond donors (Lipinski definition) is 1. The molecule has 0 fully saturated rings. The van der Waals surface area contributed by atoms with Crippen LogP contribution in [0.2, 0.25) is 0 Å². The van der Waals surface area contributed by atoms with E-state index < -0.39 is 6.29 Å². The zero-order chi connectivity index (χ0) is 19.4. The van der Waals surface area contributed by atoms with Crippen molar-refractivity contribution < 1.29 is 28.8 Å². The summed E-state index contributed by atoms with van der Waals surface area (Å²) in [7, 11) is 5.23. The number of nitrogens with zero attached hydrogens (tertiary/aromatic N) is 1. The number of fused-ring (bicyclic) bond motifs is 3. The molecule has 0 spiro atoms. The predicted molar refractivity (Wildman–Crippen MR) is 100.0 cm³/mol. The Hall–Kier alpha value is -2.48. The van der Waals surface area contributed by atoms with Crippen LogP contribution in [0.25, 0.3) is 0 Å². The summed E-state index contributed by atoms with van der Waals surface area (Å²) in [5, 5.41) is 10.7. The summed E-state index contributed by atoms with van der Waals surface area (Å²) in [6, 6.07) is 7.86. The smallest absolute Gasteiger partial charge is 0.231 e. The lowest BCUT2D eigenvalue weighted by Crippen LogP contribution is -2.35. The van der Waals surface area contributed by atoms with Gasteiger partial charge in [0, 0.05) is 6.54 Å². The first-order chi connectivity index (χ1) is 13.6. The third-order valence-electron chi connectivity index (χ3n) is 5.90. The van der Waals surface area contributed by atoms with Crippen LogP contribution in [0, 0.1) is 0 Å². The Morgan fingerprint density at radius 2 is 1.86 bits per heavy atom. The minimum atomic E-state index is -1.07. The number of aliphatic hydroxyl groups is 1. The monoisotopic (exact) mass is 385 g/mol. The van der Waals surface area contributed by atoms with E-state index in [-0.39, 0.29) is 18.9 Å². The van der Waals surface area contributed by atoms with Gasteiger partial charge in [-0.25, -0.2) is 0 Å². The van der Waals surface area contributed by atoms with Gasteiger partial charge in [-0.3, -0.25) is 4.90 Å². The second-order valence-corrected chi connectivity index (χ2v) is 7.29. The molecule has 0 radical (unpaired) electrons. The largest absolute Gasteiger partial charge is 0.493 e. The zero-order valence-corrected chi connectivity index (χ0v) is 16.1. The van der Waals surface area contributed by atoms with Crippen LogP contribution in [-0.2, 0) is 11.2 Å². The fourth-order valence-corrected chi connectivity index (χ4v) is 4.55. The van der Waals surface area contributed by atoms with E-state index in [1.54, 1.807) is 14.2 Å². The van der Waals surface area contributed by atoms with E-state index in [1.807, 2.05) is 18.2 Å². The molecule has 7 heteroatoms. The number of ether oxygens (including phenoxy) is 5. The summed E-state index contributed by atoms with van der Waals surface area (Å²) >= 11 is 0. The van der Waals surface area contributed by atoms with Gasteiger partial charge in [-0.05, 0) is 48.4 Å². The van der Waals surface area contributed by atoms with Crippen molar-refractivity contribution in [2.24, 2.45) is 0 Å². The molecule has 0 saturated carbocycles. The molecule has 3 aliphatic heterocycles. The highest BCUT2D eigenvalue weighted by molar-refractivity contribution is 5.56. The van der Waals surface area contributed by atoms with E-state index in [4.69, 9.17) is 23.7 Å². The minimum Gasteiger partial charge on any atom is -0.493 e. The molecule has 7 nitrogen and oxygen atoms in total. The van der Waals surface area contributed by atoms with Crippen LogP contribution in [0.4, 0.5) is 0 Å². The molecule has 0 saturated heterocycles. The van der Waals surface area contributed by atoms with Crippen molar-refractivity contribution >= 4 is 0 Å². The maximum atomic E-state index is 10.7. The van der Waals surface area contributed by atoms with Crippen molar-refractivity contribution in [1.29, 1.82) is 0 Å². The Balaban J connectivity index is 1.62. The van der Waals surface area contributed by atoms with E-state index >= 15 is 0 Å². The van der Waals surface area contributed by atoms with Gasteiger partial charge in [0.05, 0.1) is 25.8 Å². The molecule has 3 unspecified atom stereocenters. The van der Waals surface area contributed by atoms with Crippen LogP contribution in [-0.4, -0.2) is 44.6 Å². The second-order valence-electron chi connectivity index (χ2n) is 7.29. The highest BCUT2D eigenvalue weighted by Gasteiger charge is 2.43. The summed E-state index contributed by atoms with van der Waals surface area (Å²) in [4.78, 5) is 2.26. The van der Waals surface area contributed by atoms with E-state index in [9.17, 15) is 5.11 Å². The van der Waals surface area contributed by atoms with Gasteiger partial charge in [-0.2, -0.15) is 0 Å². The van der Waals surface area contributed by atoms with Crippen LogP contribution >= 0.6 is 0 Å². The van der Waals surface area contributed by atoms with E-state index in [2.05, 4.69) is 18.0 Å². The summed E-state index contributed by atoms with van der Waals surface area (Å²) in [6.45, 7) is 1.13. The zero-order valence-electron chi connectivity index (χ0n) is 16.1. The quantitative estimate of drug-likeness (QED) is 0.871. The molecule has 2 aromatic carbocycles. The third kappa shape index (κ3) is 2.47. The lowest BCUT2D eigenvalue weighted by atomic mass is 9.86. The maximum absolute atomic E-state index is 10.7. The predicted octanol–water partition coefficient (Wildman–Crippen LogP) is 2.72. The third-order valence-corrected chi connectivity index (χ3v) is 5.90. The van der Waals surface area contributed by atoms with Gasteiger partial charge < -0.3 is 28.8 Å². The first-order valence-corrected chi connectivity index (χ1v) is 9.33. The first kappa shape index (κ1) is 17.6. The molecular formula is C21H23NO6. The van der Waals surface area contributed by atoms with Gasteiger partial charge in [-0.15, -0.1) is 0 Å². The lowest BCUT2D eigenvalue weighted by molar-refractivity contribution is -0.142. The maximum Gasteiger partial charge on any atom is 0.231 e. The fourth-order valence-electron chi connectivity index (χ4n) is 4.55. The number of likely N-dealkylation sites (N-methyl/N-ethyl adjacent to an activating group) is 1. The molecule has 148 valence electrons. The number of methoxy groups -OCH3 is 2. The van der Waals surface area contributed by atoms with Crippen molar-refractivity contribution in [3.63, 3.8) is 0 Å². The van der Waals surface area contributed by atoms with Crippen molar-refractivity contribution in [2.45, 2.75) is 24.9 Å². The number of benzene rings is 2. The van der Waals surface area contributed by atoms with Crippen LogP contribution in [0.3, 0.4) is 0 Å². The molecule has 0 bridgehead atoms. The van der Waals surface area contributed by atoms with Gasteiger partial charge in [0.25, 0.3) is 0 Å². The Morgan fingerprint density at radius 1 is 1.07 bits per heavy atom. The van der Waals surface area contributed by atoms with Gasteiger partial charge in [-0.1, -0.05) is 6.07 Å². The summed E-state index contributed by atoms with van der Waals surface area (Å²) in [5.41, 5.74) is 3.90. The molecule has 5 rings (SSSR count). The molecule has 3 atom stereocenters. The average molecular weight is 385 g/mol. The Labute approximate surface area is 163 Å². The van der Waals surface area contributed by atoms with Crippen LogP contribution in [0.5, 0.6) is 23.0 Å². The first-order valence-electron chi connectivity index (χ1n) is 9.33. The number of hydrogen-bond acceptors (Lipinski definition) is 7. The van der Waals surface area contributed by atoms with Crippen LogP contribution in [0.1, 0.15) is 40.7 Å². The van der Waals surface area contributed by atoms with Gasteiger partial charge in [0.2, 0.25) is 6.79 Å². The van der Waals surface area contributed by atoms with Crippen molar-refractivity contribution in [2.75, 3.05) is 34.6 Å². The summed E-state index contributed by atoms with van der Waals surface area (Å²) in [5.74, 6) is 2.64. The summed E-state index contributed by atoms with van der Waals surface area (Å²) < 4.78 is 28.1. The van der Waals surface area contributed by atoms with Crippen molar-refractivity contribution in [3.05, 3.63) is 46.5 Å². The van der Waals surface area contributed by atoms with E-state index in [0.717, 1.165) is 35.6 Å². The number of rotatable bonds is 3. The standard InChI is InChI=1S/C21H23NO6/c1-22-7-6-11-8-15-16(27-10-26-15)9-13(11)18(22)19-12-4-5-14(24-2)20(25-3)17(12)21(23)28-19/h4-5,8-9,18-19,21,23H,6-7,10H2,1-3H3. The van der Waals surface area contributed by atoms with Gasteiger partial charge >= 0.3 is 0 Å². The molecule has 1 N–H and O–H groups in total. The molecule has 2 aromatic rings. The van der Waals surface area contributed by atoms with Crippen LogP contribution in [0.15, 0.2) is 24.3 Å². The molecule has 3 heterocycles. The number of aliphatic hydroxyl groups excluding tert-OH is 1. The average Bonchev–Trinajstić information content (AvgIpc) is 3.29. The van der Waals surface area contributed by atoms with Crippen molar-refractivity contribution in [3.8, 4) is 23.0 Å². The minimum absolute atomic E-state index is 0.0627. The SMILES string of the molecule is COc1ccc2c(c1OC)C(O)OC2C1c2cc3c(cc2CCN1C)OCO3. The van der Waals surface area contributed by atoms with Gasteiger partial charge in [0.15, 0.2) is 29.3 Å². The van der Waals surface area contributed by atoms with E-state index in [0.29, 0.717) is 17.1 Å². The van der Waals surface area contributed by atoms with Crippen LogP contribution < -0.4 is 18.9 Å². The Bertz CT molecular complexity index is 930. The molecule has 3 aliphatic rings. The second kappa shape index (κ2) is 6.55. The molecule has 0 aromatic heterocycles. The Morgan fingerprint density at radius 3 is 2.61 bits per heavy atom. The molecule has 0 amide bonds. The normalized spacial score (nSPS) is 25.4.